The van der Waals surface area contributed by atoms with Crippen molar-refractivity contribution in [3.63, 3.8) is 0 Å². The molecule has 5 nitrogen and oxygen atoms in total. The molecule has 2 amide bonds. The fraction of sp³-hybridized carbons (Fsp3) is 0.333. The predicted molar refractivity (Wildman–Crippen MR) is 101 cm³/mol. The fourth-order valence-electron chi connectivity index (χ4n) is 3.20. The molecule has 0 aliphatic carbocycles. The molecule has 0 spiro atoms. The summed E-state index contributed by atoms with van der Waals surface area (Å²) in [7, 11) is 0. The van der Waals surface area contributed by atoms with E-state index in [1.807, 2.05) is 19.1 Å². The Hall–Kier alpha value is -2.89. The first-order valence-electron chi connectivity index (χ1n) is 9.15. The molecule has 0 saturated carbocycles. The summed E-state index contributed by atoms with van der Waals surface area (Å²) >= 11 is 0. The van der Waals surface area contributed by atoms with Gasteiger partial charge in [-0.1, -0.05) is 0 Å². The number of nitrogens with zero attached hydrogens (tertiary/aromatic N) is 1. The van der Waals surface area contributed by atoms with Crippen LogP contribution in [0.4, 0.5) is 10.1 Å². The largest absolute Gasteiger partial charge is 0.494 e. The lowest BCUT2D eigenvalue weighted by atomic mass is 9.96. The maximum Gasteiger partial charge on any atom is 0.253 e. The lowest BCUT2D eigenvalue weighted by molar-refractivity contribution is -0.121. The summed E-state index contributed by atoms with van der Waals surface area (Å²) in [6, 6.07) is 12.7. The summed E-state index contributed by atoms with van der Waals surface area (Å²) in [4.78, 5) is 26.9. The zero-order valence-corrected chi connectivity index (χ0v) is 15.3. The summed E-state index contributed by atoms with van der Waals surface area (Å²) in [6.45, 7) is 3.46. The van der Waals surface area contributed by atoms with E-state index in [0.29, 0.717) is 30.9 Å². The number of piperidine rings is 1. The summed E-state index contributed by atoms with van der Waals surface area (Å²) in [5, 5.41) is 2.91. The standard InChI is InChI=1S/C21H23FN2O3/c1-2-27-19-11-9-18(10-12-19)23-20(25)16-4-3-13-24(14-16)21(26)15-5-7-17(22)8-6-15/h5-12,16H,2-4,13-14H2,1H3,(H,23,25)/t16-/m1/s1. The Morgan fingerprint density at radius 2 is 1.85 bits per heavy atom. The predicted octanol–water partition coefficient (Wildman–Crippen LogP) is 3.72. The topological polar surface area (TPSA) is 58.6 Å². The molecule has 3 rings (SSSR count). The fourth-order valence-corrected chi connectivity index (χ4v) is 3.20. The maximum atomic E-state index is 13.0. The summed E-state index contributed by atoms with van der Waals surface area (Å²) in [5.74, 6) is -0.166. The van der Waals surface area contributed by atoms with Gasteiger partial charge in [0.1, 0.15) is 11.6 Å². The average molecular weight is 370 g/mol. The van der Waals surface area contributed by atoms with Crippen molar-refractivity contribution < 1.29 is 18.7 Å². The molecule has 27 heavy (non-hydrogen) atoms. The third kappa shape index (κ3) is 4.84. The van der Waals surface area contributed by atoms with Gasteiger partial charge >= 0.3 is 0 Å². The number of halogens is 1. The van der Waals surface area contributed by atoms with Crippen molar-refractivity contribution in [2.75, 3.05) is 25.0 Å². The quantitative estimate of drug-likeness (QED) is 0.873. The summed E-state index contributed by atoms with van der Waals surface area (Å²) in [5.41, 5.74) is 1.13. The van der Waals surface area contributed by atoms with Crippen molar-refractivity contribution in [2.24, 2.45) is 5.92 Å². The molecule has 0 radical (unpaired) electrons. The Bertz CT molecular complexity index is 790. The zero-order valence-electron chi connectivity index (χ0n) is 15.3. The second-order valence-electron chi connectivity index (χ2n) is 6.54. The van der Waals surface area contributed by atoms with Crippen molar-refractivity contribution in [1.29, 1.82) is 0 Å². The van der Waals surface area contributed by atoms with E-state index in [1.54, 1.807) is 17.0 Å². The van der Waals surface area contributed by atoms with Gasteiger partial charge in [-0.05, 0) is 68.3 Å². The molecule has 0 bridgehead atoms. The molecular weight excluding hydrogens is 347 g/mol. The number of rotatable bonds is 5. The van der Waals surface area contributed by atoms with Crippen LogP contribution in [-0.4, -0.2) is 36.4 Å². The van der Waals surface area contributed by atoms with Crippen LogP contribution in [0.1, 0.15) is 30.1 Å². The number of carbonyl (C=O) groups is 2. The van der Waals surface area contributed by atoms with E-state index in [4.69, 9.17) is 4.74 Å². The minimum absolute atomic E-state index is 0.101. The van der Waals surface area contributed by atoms with Crippen molar-refractivity contribution in [1.82, 2.24) is 4.90 Å². The molecule has 1 N–H and O–H groups in total. The highest BCUT2D eigenvalue weighted by Crippen LogP contribution is 2.22. The molecule has 6 heteroatoms. The van der Waals surface area contributed by atoms with Gasteiger partial charge in [-0.2, -0.15) is 0 Å². The molecule has 1 aliphatic rings. The number of carbonyl (C=O) groups excluding carboxylic acids is 2. The second kappa shape index (κ2) is 8.66. The van der Waals surface area contributed by atoms with E-state index < -0.39 is 0 Å². The number of anilines is 1. The van der Waals surface area contributed by atoms with Crippen LogP contribution in [0.15, 0.2) is 48.5 Å². The molecule has 142 valence electrons. The van der Waals surface area contributed by atoms with E-state index in [-0.39, 0.29) is 23.5 Å². The van der Waals surface area contributed by atoms with Gasteiger partial charge in [0.05, 0.1) is 12.5 Å². The van der Waals surface area contributed by atoms with Crippen molar-refractivity contribution in [2.45, 2.75) is 19.8 Å². The first kappa shape index (κ1) is 18.9. The van der Waals surface area contributed by atoms with Crippen LogP contribution < -0.4 is 10.1 Å². The minimum atomic E-state index is -0.377. The second-order valence-corrected chi connectivity index (χ2v) is 6.54. The van der Waals surface area contributed by atoms with Gasteiger partial charge in [0.2, 0.25) is 5.91 Å². The number of hydrogen-bond donors (Lipinski definition) is 1. The van der Waals surface area contributed by atoms with Crippen molar-refractivity contribution >= 4 is 17.5 Å². The van der Waals surface area contributed by atoms with Crippen LogP contribution in [0.2, 0.25) is 0 Å². The van der Waals surface area contributed by atoms with E-state index in [9.17, 15) is 14.0 Å². The Kier molecular flexibility index (Phi) is 6.06. The molecule has 0 aromatic heterocycles. The van der Waals surface area contributed by atoms with E-state index in [1.165, 1.54) is 24.3 Å². The molecule has 0 unspecified atom stereocenters. The van der Waals surface area contributed by atoms with Crippen molar-refractivity contribution in [3.8, 4) is 5.75 Å². The SMILES string of the molecule is CCOc1ccc(NC(=O)[C@@H]2CCCN(C(=O)c3ccc(F)cc3)C2)cc1. The Morgan fingerprint density at radius 3 is 2.52 bits per heavy atom. The van der Waals surface area contributed by atoms with Gasteiger partial charge in [0.25, 0.3) is 5.91 Å². The Labute approximate surface area is 158 Å². The van der Waals surface area contributed by atoms with Gasteiger partial charge in [0, 0.05) is 24.3 Å². The van der Waals surface area contributed by atoms with Crippen LogP contribution >= 0.6 is 0 Å². The summed E-state index contributed by atoms with van der Waals surface area (Å²) < 4.78 is 18.4. The molecule has 1 fully saturated rings. The first-order chi connectivity index (χ1) is 13.1. The highest BCUT2D eigenvalue weighted by molar-refractivity contribution is 5.96. The Morgan fingerprint density at radius 1 is 1.15 bits per heavy atom. The van der Waals surface area contributed by atoms with Crippen LogP contribution in [0.3, 0.4) is 0 Å². The van der Waals surface area contributed by atoms with Crippen LogP contribution in [0.5, 0.6) is 5.75 Å². The van der Waals surface area contributed by atoms with E-state index >= 15 is 0 Å². The van der Waals surface area contributed by atoms with Gasteiger partial charge < -0.3 is 15.0 Å². The van der Waals surface area contributed by atoms with E-state index in [0.717, 1.165) is 18.6 Å². The average Bonchev–Trinajstić information content (AvgIpc) is 2.70. The zero-order chi connectivity index (χ0) is 19.2. The number of benzene rings is 2. The first-order valence-corrected chi connectivity index (χ1v) is 9.15. The molecule has 1 atom stereocenters. The monoisotopic (exact) mass is 370 g/mol. The van der Waals surface area contributed by atoms with Gasteiger partial charge in [-0.25, -0.2) is 4.39 Å². The maximum absolute atomic E-state index is 13.0. The lowest BCUT2D eigenvalue weighted by Crippen LogP contribution is -2.43. The molecule has 1 saturated heterocycles. The Balaban J connectivity index is 1.60. The molecule has 2 aromatic rings. The number of ether oxygens (including phenoxy) is 1. The van der Waals surface area contributed by atoms with Crippen LogP contribution in [-0.2, 0) is 4.79 Å². The number of hydrogen-bond acceptors (Lipinski definition) is 3. The highest BCUT2D eigenvalue weighted by atomic mass is 19.1. The third-order valence-electron chi connectivity index (χ3n) is 4.60. The summed E-state index contributed by atoms with van der Waals surface area (Å²) in [6.07, 6.45) is 1.49. The van der Waals surface area contributed by atoms with Gasteiger partial charge in [0.15, 0.2) is 0 Å². The van der Waals surface area contributed by atoms with Gasteiger partial charge in [-0.15, -0.1) is 0 Å². The molecule has 1 heterocycles. The van der Waals surface area contributed by atoms with Crippen molar-refractivity contribution in [3.05, 3.63) is 59.9 Å². The van der Waals surface area contributed by atoms with Crippen LogP contribution in [0, 0.1) is 11.7 Å². The number of likely N-dealkylation sites (tertiary alicyclic amines) is 1. The van der Waals surface area contributed by atoms with E-state index in [2.05, 4.69) is 5.32 Å². The smallest absolute Gasteiger partial charge is 0.253 e. The van der Waals surface area contributed by atoms with Gasteiger partial charge in [-0.3, -0.25) is 9.59 Å². The van der Waals surface area contributed by atoms with Crippen LogP contribution in [0.25, 0.3) is 0 Å². The third-order valence-corrected chi connectivity index (χ3v) is 4.60. The lowest BCUT2D eigenvalue weighted by Gasteiger charge is -2.32. The minimum Gasteiger partial charge on any atom is -0.494 e. The normalized spacial score (nSPS) is 16.7. The molecular formula is C21H23FN2O3. The highest BCUT2D eigenvalue weighted by Gasteiger charge is 2.29. The molecule has 1 aliphatic heterocycles. The number of amides is 2. The molecule has 2 aromatic carbocycles. The number of nitrogens with one attached hydrogen (secondary N) is 1.